The topological polar surface area (TPSA) is 50.2 Å². The van der Waals surface area contributed by atoms with Crippen molar-refractivity contribution < 1.29 is 4.79 Å². The number of carbonyl (C=O) groups is 1. The van der Waals surface area contributed by atoms with Crippen molar-refractivity contribution in [1.82, 2.24) is 20.0 Å². The first kappa shape index (κ1) is 15.4. The van der Waals surface area contributed by atoms with Crippen molar-refractivity contribution in [2.75, 3.05) is 13.1 Å². The average Bonchev–Trinajstić information content (AvgIpc) is 3.07. The predicted octanol–water partition coefficient (Wildman–Crippen LogP) is 2.21. The molecule has 1 amide bonds. The van der Waals surface area contributed by atoms with E-state index >= 15 is 0 Å². The molecule has 2 fully saturated rings. The summed E-state index contributed by atoms with van der Waals surface area (Å²) < 4.78 is 1.93. The van der Waals surface area contributed by atoms with E-state index in [0.717, 1.165) is 43.6 Å². The molecule has 24 heavy (non-hydrogen) atoms. The Morgan fingerprint density at radius 2 is 2.00 bits per heavy atom. The largest absolute Gasteiger partial charge is 0.331 e. The molecule has 1 N–H and O–H groups in total. The van der Waals surface area contributed by atoms with Crippen LogP contribution in [0.2, 0.25) is 0 Å². The molecular weight excluding hydrogens is 300 g/mol. The van der Waals surface area contributed by atoms with Crippen LogP contribution in [-0.2, 0) is 6.54 Å². The van der Waals surface area contributed by atoms with E-state index in [1.54, 1.807) is 6.20 Å². The van der Waals surface area contributed by atoms with Gasteiger partial charge in [0.2, 0.25) is 0 Å². The van der Waals surface area contributed by atoms with Gasteiger partial charge in [0.05, 0.1) is 18.3 Å². The molecule has 5 nitrogen and oxygen atoms in total. The van der Waals surface area contributed by atoms with E-state index in [2.05, 4.69) is 27.4 Å². The molecule has 3 heterocycles. The van der Waals surface area contributed by atoms with E-state index in [1.807, 2.05) is 29.8 Å². The van der Waals surface area contributed by atoms with Crippen LogP contribution in [0.1, 0.15) is 40.9 Å². The lowest BCUT2D eigenvalue weighted by Crippen LogP contribution is -2.42. The second-order valence-corrected chi connectivity index (χ2v) is 6.88. The molecule has 2 aliphatic heterocycles. The quantitative estimate of drug-likeness (QED) is 0.942. The Morgan fingerprint density at radius 1 is 1.21 bits per heavy atom. The maximum absolute atomic E-state index is 13.1. The van der Waals surface area contributed by atoms with Gasteiger partial charge in [0, 0.05) is 24.3 Å². The zero-order chi connectivity index (χ0) is 16.5. The lowest BCUT2D eigenvalue weighted by Gasteiger charge is -2.27. The van der Waals surface area contributed by atoms with Crippen molar-refractivity contribution >= 4 is 5.91 Å². The summed E-state index contributed by atoms with van der Waals surface area (Å²) in [7, 11) is 0. The van der Waals surface area contributed by atoms with Crippen LogP contribution in [-0.4, -0.2) is 45.8 Å². The van der Waals surface area contributed by atoms with Gasteiger partial charge in [0.1, 0.15) is 0 Å². The highest BCUT2D eigenvalue weighted by Gasteiger charge is 2.39. The highest BCUT2D eigenvalue weighted by Crippen LogP contribution is 2.30. The van der Waals surface area contributed by atoms with Crippen molar-refractivity contribution in [3.05, 3.63) is 53.3 Å². The molecule has 0 saturated carbocycles. The minimum Gasteiger partial charge on any atom is -0.331 e. The lowest BCUT2D eigenvalue weighted by atomic mass is 10.1. The van der Waals surface area contributed by atoms with Crippen molar-refractivity contribution in [3.8, 4) is 0 Å². The number of fused-ring (bicyclic) bond motifs is 2. The lowest BCUT2D eigenvalue weighted by molar-refractivity contribution is 0.0679. The van der Waals surface area contributed by atoms with Crippen LogP contribution < -0.4 is 5.32 Å². The maximum Gasteiger partial charge on any atom is 0.257 e. The highest BCUT2D eigenvalue weighted by molar-refractivity contribution is 5.95. The molecular formula is C19H24N4O. The molecule has 2 aliphatic rings. The predicted molar refractivity (Wildman–Crippen MR) is 93.0 cm³/mol. The van der Waals surface area contributed by atoms with Gasteiger partial charge in [-0.2, -0.15) is 5.10 Å². The standard InChI is InChI=1S/C19H24N4O/c1-14-18(12-21-22(14)13-15-5-3-2-4-6-15)19(24)23-16-7-8-17(23)11-20-10-9-16/h2-6,12,16-17,20H,7-11,13H2,1H3. The van der Waals surface area contributed by atoms with Crippen LogP contribution >= 0.6 is 0 Å². The Balaban J connectivity index is 1.57. The van der Waals surface area contributed by atoms with Crippen molar-refractivity contribution in [2.24, 2.45) is 0 Å². The molecule has 1 aromatic carbocycles. The zero-order valence-electron chi connectivity index (χ0n) is 14.1. The van der Waals surface area contributed by atoms with Crippen LogP contribution in [0.25, 0.3) is 0 Å². The third-order valence-corrected chi connectivity index (χ3v) is 5.40. The van der Waals surface area contributed by atoms with Crippen molar-refractivity contribution in [3.63, 3.8) is 0 Å². The molecule has 2 aromatic rings. The summed E-state index contributed by atoms with van der Waals surface area (Å²) in [5.41, 5.74) is 2.91. The molecule has 2 atom stereocenters. The van der Waals surface area contributed by atoms with Gasteiger partial charge >= 0.3 is 0 Å². The van der Waals surface area contributed by atoms with Crippen molar-refractivity contribution in [2.45, 2.75) is 44.8 Å². The molecule has 2 saturated heterocycles. The van der Waals surface area contributed by atoms with Gasteiger partial charge in [0.15, 0.2) is 0 Å². The fraction of sp³-hybridized carbons (Fsp3) is 0.474. The number of carbonyl (C=O) groups excluding carboxylic acids is 1. The fourth-order valence-electron chi connectivity index (χ4n) is 4.03. The molecule has 126 valence electrons. The summed E-state index contributed by atoms with van der Waals surface area (Å²) in [5.74, 6) is 0.156. The van der Waals surface area contributed by atoms with Crippen LogP contribution in [0.15, 0.2) is 36.5 Å². The minimum atomic E-state index is 0.156. The van der Waals surface area contributed by atoms with Crippen LogP contribution in [0, 0.1) is 6.92 Å². The van der Waals surface area contributed by atoms with Crippen LogP contribution in [0.3, 0.4) is 0 Å². The molecule has 0 aliphatic carbocycles. The monoisotopic (exact) mass is 324 g/mol. The summed E-state index contributed by atoms with van der Waals surface area (Å²) in [4.78, 5) is 15.3. The Kier molecular flexibility index (Phi) is 4.10. The van der Waals surface area contributed by atoms with E-state index in [-0.39, 0.29) is 5.91 Å². The van der Waals surface area contributed by atoms with E-state index < -0.39 is 0 Å². The first-order valence-corrected chi connectivity index (χ1v) is 8.84. The number of nitrogens with zero attached hydrogens (tertiary/aromatic N) is 3. The van der Waals surface area contributed by atoms with E-state index in [0.29, 0.717) is 18.6 Å². The van der Waals surface area contributed by atoms with Gasteiger partial charge in [-0.25, -0.2) is 0 Å². The first-order valence-electron chi connectivity index (χ1n) is 8.84. The summed E-state index contributed by atoms with van der Waals surface area (Å²) in [6, 6.07) is 11.0. The van der Waals surface area contributed by atoms with Gasteiger partial charge in [-0.15, -0.1) is 0 Å². The molecule has 0 radical (unpaired) electrons. The zero-order valence-corrected chi connectivity index (χ0v) is 14.1. The second-order valence-electron chi connectivity index (χ2n) is 6.88. The molecule has 0 spiro atoms. The average molecular weight is 324 g/mol. The summed E-state index contributed by atoms with van der Waals surface area (Å²) in [6.45, 7) is 4.63. The Morgan fingerprint density at radius 3 is 2.83 bits per heavy atom. The van der Waals surface area contributed by atoms with Gasteiger partial charge in [-0.05, 0) is 38.3 Å². The molecule has 4 rings (SSSR count). The fourth-order valence-corrected chi connectivity index (χ4v) is 4.03. The van der Waals surface area contributed by atoms with Crippen molar-refractivity contribution in [1.29, 1.82) is 0 Å². The Bertz CT molecular complexity index is 710. The highest BCUT2D eigenvalue weighted by atomic mass is 16.2. The minimum absolute atomic E-state index is 0.156. The smallest absolute Gasteiger partial charge is 0.257 e. The summed E-state index contributed by atoms with van der Waals surface area (Å²) >= 11 is 0. The third-order valence-electron chi connectivity index (χ3n) is 5.40. The van der Waals surface area contributed by atoms with Gasteiger partial charge < -0.3 is 10.2 Å². The van der Waals surface area contributed by atoms with Crippen LogP contribution in [0.4, 0.5) is 0 Å². The molecule has 1 aromatic heterocycles. The number of benzene rings is 1. The second kappa shape index (κ2) is 6.40. The van der Waals surface area contributed by atoms with Gasteiger partial charge in [0.25, 0.3) is 5.91 Å². The number of rotatable bonds is 3. The van der Waals surface area contributed by atoms with E-state index in [4.69, 9.17) is 0 Å². The normalized spacial score (nSPS) is 23.3. The number of aromatic nitrogens is 2. The number of amides is 1. The number of nitrogens with one attached hydrogen (secondary N) is 1. The van der Waals surface area contributed by atoms with Crippen LogP contribution in [0.5, 0.6) is 0 Å². The van der Waals surface area contributed by atoms with E-state index in [9.17, 15) is 4.79 Å². The SMILES string of the molecule is Cc1c(C(=O)N2C3CCNCC2CC3)cnn1Cc1ccccc1. The van der Waals surface area contributed by atoms with Gasteiger partial charge in [-0.3, -0.25) is 9.48 Å². The summed E-state index contributed by atoms with van der Waals surface area (Å²) in [5, 5.41) is 7.93. The molecule has 2 unspecified atom stereocenters. The van der Waals surface area contributed by atoms with E-state index in [1.165, 1.54) is 5.56 Å². The first-order chi connectivity index (χ1) is 11.7. The summed E-state index contributed by atoms with van der Waals surface area (Å²) in [6.07, 6.45) is 5.05. The van der Waals surface area contributed by atoms with Gasteiger partial charge in [-0.1, -0.05) is 30.3 Å². The Labute approximate surface area is 142 Å². The Hall–Kier alpha value is -2.14. The number of hydrogen-bond acceptors (Lipinski definition) is 3. The molecule has 2 bridgehead atoms. The molecule has 5 heteroatoms. The maximum atomic E-state index is 13.1. The third kappa shape index (κ3) is 2.73. The number of hydrogen-bond donors (Lipinski definition) is 1.